The van der Waals surface area contributed by atoms with Crippen molar-refractivity contribution >= 4 is 22.6 Å². The number of benzene rings is 2. The highest BCUT2D eigenvalue weighted by molar-refractivity contribution is 5.91. The maximum absolute atomic E-state index is 13.7. The molecule has 2 amide bonds. The number of carbonyl (C=O) groups is 1. The third-order valence-electron chi connectivity index (χ3n) is 4.92. The largest absolute Gasteiger partial charge is 0.347 e. The third kappa shape index (κ3) is 2.68. The van der Waals surface area contributed by atoms with Crippen molar-refractivity contribution in [2.45, 2.75) is 13.0 Å². The van der Waals surface area contributed by atoms with E-state index < -0.39 is 0 Å². The summed E-state index contributed by atoms with van der Waals surface area (Å²) in [4.78, 5) is 14.3. The highest BCUT2D eigenvalue weighted by atomic mass is 19.1. The molecule has 1 N–H and O–H groups in total. The summed E-state index contributed by atoms with van der Waals surface area (Å²) in [5.41, 5.74) is 4.31. The molecule has 0 saturated carbocycles. The van der Waals surface area contributed by atoms with Gasteiger partial charge in [0.15, 0.2) is 0 Å². The van der Waals surface area contributed by atoms with E-state index >= 15 is 0 Å². The minimum absolute atomic E-state index is 0.200. The minimum Gasteiger partial charge on any atom is -0.347 e. The molecule has 0 saturated heterocycles. The average Bonchev–Trinajstić information content (AvgIpc) is 2.93. The predicted octanol–water partition coefficient (Wildman–Crippen LogP) is 3.78. The van der Waals surface area contributed by atoms with E-state index in [9.17, 15) is 9.18 Å². The van der Waals surface area contributed by atoms with Gasteiger partial charge in [-0.1, -0.05) is 0 Å². The van der Waals surface area contributed by atoms with Gasteiger partial charge in [0.25, 0.3) is 0 Å². The SMILES string of the molecule is Cn1c2c(c3cc(F)ccc31)CN(C(=O)Nc1ccc(C#N)cc1)CC2. The fourth-order valence-corrected chi connectivity index (χ4v) is 3.56. The molecule has 0 radical (unpaired) electrons. The fraction of sp³-hybridized carbons (Fsp3) is 0.200. The van der Waals surface area contributed by atoms with Crippen LogP contribution in [0.5, 0.6) is 0 Å². The Bertz CT molecular complexity index is 1050. The molecule has 3 aromatic rings. The van der Waals surface area contributed by atoms with Crippen LogP contribution in [-0.2, 0) is 20.0 Å². The zero-order chi connectivity index (χ0) is 18.3. The van der Waals surface area contributed by atoms with Gasteiger partial charge < -0.3 is 14.8 Å². The lowest BCUT2D eigenvalue weighted by Crippen LogP contribution is -2.39. The molecule has 0 atom stereocenters. The van der Waals surface area contributed by atoms with E-state index in [4.69, 9.17) is 5.26 Å². The number of aromatic nitrogens is 1. The Balaban J connectivity index is 1.58. The Morgan fingerprint density at radius 2 is 2.00 bits per heavy atom. The average molecular weight is 348 g/mol. The standard InChI is InChI=1S/C20H17FN4O/c1-24-18-7-4-14(21)10-16(18)17-12-25(9-8-19(17)24)20(26)23-15-5-2-13(11-22)3-6-15/h2-7,10H,8-9,12H2,1H3,(H,23,26). The van der Waals surface area contributed by atoms with E-state index in [2.05, 4.69) is 9.88 Å². The van der Waals surface area contributed by atoms with Crippen LogP contribution in [-0.4, -0.2) is 22.0 Å². The molecule has 1 aliphatic rings. The normalized spacial score (nSPS) is 13.3. The lowest BCUT2D eigenvalue weighted by molar-refractivity contribution is 0.206. The first-order valence-corrected chi connectivity index (χ1v) is 8.38. The Hall–Kier alpha value is -3.33. The molecule has 2 aromatic carbocycles. The predicted molar refractivity (Wildman–Crippen MR) is 97.2 cm³/mol. The van der Waals surface area contributed by atoms with Crippen LogP contribution in [0.15, 0.2) is 42.5 Å². The zero-order valence-electron chi connectivity index (χ0n) is 14.3. The molecule has 1 aliphatic heterocycles. The summed E-state index contributed by atoms with van der Waals surface area (Å²) in [5, 5.41) is 12.6. The molecule has 0 unspecified atom stereocenters. The fourth-order valence-electron chi connectivity index (χ4n) is 3.56. The lowest BCUT2D eigenvalue weighted by Gasteiger charge is -2.28. The van der Waals surface area contributed by atoms with Gasteiger partial charge in [-0.15, -0.1) is 0 Å². The van der Waals surface area contributed by atoms with Crippen LogP contribution in [0.25, 0.3) is 10.9 Å². The number of fused-ring (bicyclic) bond motifs is 3. The van der Waals surface area contributed by atoms with Crippen LogP contribution in [0.2, 0.25) is 0 Å². The molecule has 26 heavy (non-hydrogen) atoms. The number of hydrogen-bond donors (Lipinski definition) is 1. The van der Waals surface area contributed by atoms with Crippen molar-refractivity contribution in [3.8, 4) is 6.07 Å². The van der Waals surface area contributed by atoms with Crippen molar-refractivity contribution in [3.63, 3.8) is 0 Å². The van der Waals surface area contributed by atoms with E-state index in [0.29, 0.717) is 24.3 Å². The van der Waals surface area contributed by atoms with Crippen LogP contribution in [0, 0.1) is 17.1 Å². The molecule has 0 spiro atoms. The van der Waals surface area contributed by atoms with Gasteiger partial charge in [-0.05, 0) is 42.5 Å². The Kier molecular flexibility index (Phi) is 3.85. The van der Waals surface area contributed by atoms with Crippen molar-refractivity contribution in [1.82, 2.24) is 9.47 Å². The second kappa shape index (κ2) is 6.19. The van der Waals surface area contributed by atoms with Gasteiger partial charge in [-0.25, -0.2) is 9.18 Å². The van der Waals surface area contributed by atoms with Crippen molar-refractivity contribution < 1.29 is 9.18 Å². The van der Waals surface area contributed by atoms with Gasteiger partial charge in [0.1, 0.15) is 5.82 Å². The summed E-state index contributed by atoms with van der Waals surface area (Å²) >= 11 is 0. The first-order chi connectivity index (χ1) is 12.6. The van der Waals surface area contributed by atoms with Crippen LogP contribution < -0.4 is 5.32 Å². The number of anilines is 1. The van der Waals surface area contributed by atoms with E-state index in [1.165, 1.54) is 12.1 Å². The second-order valence-corrected chi connectivity index (χ2v) is 6.44. The molecular formula is C20H17FN4O. The molecule has 0 aliphatic carbocycles. The second-order valence-electron chi connectivity index (χ2n) is 6.44. The summed E-state index contributed by atoms with van der Waals surface area (Å²) in [7, 11) is 1.98. The van der Waals surface area contributed by atoms with Crippen molar-refractivity contribution in [2.24, 2.45) is 7.05 Å². The molecule has 6 heteroatoms. The highest BCUT2D eigenvalue weighted by Crippen LogP contribution is 2.31. The number of rotatable bonds is 1. The summed E-state index contributed by atoms with van der Waals surface area (Å²) in [6.07, 6.45) is 0.725. The summed E-state index contributed by atoms with van der Waals surface area (Å²) < 4.78 is 15.8. The number of nitrogens with zero attached hydrogens (tertiary/aromatic N) is 3. The van der Waals surface area contributed by atoms with Crippen LogP contribution in [0.4, 0.5) is 14.9 Å². The number of hydrogen-bond acceptors (Lipinski definition) is 2. The molecule has 5 nitrogen and oxygen atoms in total. The smallest absolute Gasteiger partial charge is 0.322 e. The zero-order valence-corrected chi connectivity index (χ0v) is 14.3. The molecule has 2 heterocycles. The summed E-state index contributed by atoms with van der Waals surface area (Å²) in [6.45, 7) is 1.04. The molecule has 0 fully saturated rings. The van der Waals surface area contributed by atoms with Gasteiger partial charge in [-0.2, -0.15) is 5.26 Å². The Morgan fingerprint density at radius 3 is 2.73 bits per heavy atom. The lowest BCUT2D eigenvalue weighted by atomic mass is 10.0. The number of amides is 2. The van der Waals surface area contributed by atoms with Crippen LogP contribution in [0.1, 0.15) is 16.8 Å². The monoisotopic (exact) mass is 348 g/mol. The maximum Gasteiger partial charge on any atom is 0.322 e. The molecular weight excluding hydrogens is 331 g/mol. The number of nitrogens with one attached hydrogen (secondary N) is 1. The topological polar surface area (TPSA) is 61.1 Å². The van der Waals surface area contributed by atoms with Crippen molar-refractivity contribution in [2.75, 3.05) is 11.9 Å². The quantitative estimate of drug-likeness (QED) is 0.727. The van der Waals surface area contributed by atoms with E-state index in [0.717, 1.165) is 28.6 Å². The van der Waals surface area contributed by atoms with Crippen LogP contribution >= 0.6 is 0 Å². The first kappa shape index (κ1) is 16.2. The maximum atomic E-state index is 13.7. The first-order valence-electron chi connectivity index (χ1n) is 8.38. The van der Waals surface area contributed by atoms with Crippen LogP contribution in [0.3, 0.4) is 0 Å². The molecule has 130 valence electrons. The molecule has 0 bridgehead atoms. The number of halogens is 1. The van der Waals surface area contributed by atoms with Gasteiger partial charge in [0.2, 0.25) is 0 Å². The molecule has 1 aromatic heterocycles. The Labute approximate surface area is 150 Å². The van der Waals surface area contributed by atoms with Gasteiger partial charge in [-0.3, -0.25) is 0 Å². The van der Waals surface area contributed by atoms with E-state index in [-0.39, 0.29) is 11.8 Å². The van der Waals surface area contributed by atoms with Gasteiger partial charge >= 0.3 is 6.03 Å². The van der Waals surface area contributed by atoms with E-state index in [1.54, 1.807) is 35.2 Å². The van der Waals surface area contributed by atoms with Gasteiger partial charge in [0.05, 0.1) is 11.6 Å². The summed E-state index contributed by atoms with van der Waals surface area (Å²) in [5.74, 6) is -0.273. The number of carbonyl (C=O) groups excluding carboxylic acids is 1. The number of nitriles is 1. The summed E-state index contributed by atoms with van der Waals surface area (Å²) in [6, 6.07) is 13.4. The molecule has 4 rings (SSSR count). The Morgan fingerprint density at radius 1 is 1.23 bits per heavy atom. The van der Waals surface area contributed by atoms with Crippen molar-refractivity contribution in [1.29, 1.82) is 5.26 Å². The van der Waals surface area contributed by atoms with E-state index in [1.807, 2.05) is 13.1 Å². The number of aryl methyl sites for hydroxylation is 1. The minimum atomic E-state index is -0.273. The third-order valence-corrected chi connectivity index (χ3v) is 4.92. The van der Waals surface area contributed by atoms with Gasteiger partial charge in [0, 0.05) is 54.4 Å². The number of urea groups is 1. The van der Waals surface area contributed by atoms with Crippen molar-refractivity contribution in [3.05, 3.63) is 65.1 Å². The highest BCUT2D eigenvalue weighted by Gasteiger charge is 2.26.